The molecular formula is C26H28N2O3. The molecule has 0 N–H and O–H groups in total. The average molecular weight is 417 g/mol. The van der Waals surface area contributed by atoms with E-state index in [4.69, 9.17) is 4.42 Å². The number of nitrogens with zero attached hydrogens (tertiary/aromatic N) is 2. The Kier molecular flexibility index (Phi) is 7.08. The van der Waals surface area contributed by atoms with Crippen LogP contribution in [0.5, 0.6) is 0 Å². The third kappa shape index (κ3) is 4.94. The van der Waals surface area contributed by atoms with Crippen molar-refractivity contribution in [3.8, 4) is 0 Å². The summed E-state index contributed by atoms with van der Waals surface area (Å²) < 4.78 is 5.44. The molecule has 3 rings (SSSR count). The highest BCUT2D eigenvalue weighted by Gasteiger charge is 2.22. The number of anilines is 2. The average Bonchev–Trinajstić information content (AvgIpc) is 2.77. The smallest absolute Gasteiger partial charge is 0.349 e. The van der Waals surface area contributed by atoms with Gasteiger partial charge in [0, 0.05) is 38.3 Å². The van der Waals surface area contributed by atoms with E-state index in [-0.39, 0.29) is 11.3 Å². The summed E-state index contributed by atoms with van der Waals surface area (Å²) in [6.45, 7) is 5.36. The quantitative estimate of drug-likeness (QED) is 0.220. The Balaban J connectivity index is 1.92. The van der Waals surface area contributed by atoms with Gasteiger partial charge in [-0.1, -0.05) is 42.5 Å². The first-order chi connectivity index (χ1) is 15.0. The number of fused-ring (bicyclic) bond motifs is 1. The van der Waals surface area contributed by atoms with Gasteiger partial charge in [-0.2, -0.15) is 0 Å². The fraction of sp³-hybridized carbons (Fsp3) is 0.231. The zero-order valence-corrected chi connectivity index (χ0v) is 18.5. The van der Waals surface area contributed by atoms with Crippen LogP contribution in [0.4, 0.5) is 11.4 Å². The Hall–Kier alpha value is -3.60. The lowest BCUT2D eigenvalue weighted by molar-refractivity contribution is 0.104. The molecule has 3 aromatic rings. The predicted octanol–water partition coefficient (Wildman–Crippen LogP) is 5.16. The zero-order chi connectivity index (χ0) is 22.4. The maximum absolute atomic E-state index is 13.0. The van der Waals surface area contributed by atoms with Crippen molar-refractivity contribution in [1.29, 1.82) is 0 Å². The molecule has 0 spiro atoms. The molecule has 0 amide bonds. The minimum absolute atomic E-state index is 0.0717. The van der Waals surface area contributed by atoms with E-state index < -0.39 is 5.63 Å². The van der Waals surface area contributed by atoms with Gasteiger partial charge in [0.05, 0.1) is 5.69 Å². The zero-order valence-electron chi connectivity index (χ0n) is 18.5. The van der Waals surface area contributed by atoms with E-state index in [0.29, 0.717) is 24.4 Å². The molecule has 0 atom stereocenters. The second kappa shape index (κ2) is 9.94. The molecule has 0 unspecified atom stereocenters. The SMILES string of the molecule is CCN(CC)c1c(C(=O)C=CC=Cc2ccc(N(C)C)cc2)c(=O)oc2ccccc12. The molecule has 0 fully saturated rings. The molecule has 0 aliphatic rings. The number of carbonyl (C=O) groups is 1. The van der Waals surface area contributed by atoms with Crippen molar-refractivity contribution in [3.05, 3.63) is 88.3 Å². The molecule has 0 radical (unpaired) electrons. The van der Waals surface area contributed by atoms with Gasteiger partial charge in [0.1, 0.15) is 11.1 Å². The van der Waals surface area contributed by atoms with Gasteiger partial charge in [-0.05, 0) is 49.8 Å². The number of para-hydroxylation sites is 1. The van der Waals surface area contributed by atoms with E-state index in [9.17, 15) is 9.59 Å². The fourth-order valence-electron chi connectivity index (χ4n) is 3.50. The Morgan fingerprint density at radius 2 is 1.65 bits per heavy atom. The maximum Gasteiger partial charge on any atom is 0.349 e. The number of hydrogen-bond donors (Lipinski definition) is 0. The van der Waals surface area contributed by atoms with Crippen LogP contribution in [0.1, 0.15) is 29.8 Å². The summed E-state index contributed by atoms with van der Waals surface area (Å²) in [5.41, 5.74) is 2.72. The van der Waals surface area contributed by atoms with Crippen LogP contribution in [0.3, 0.4) is 0 Å². The van der Waals surface area contributed by atoms with E-state index in [1.807, 2.05) is 86.3 Å². The van der Waals surface area contributed by atoms with Crippen molar-refractivity contribution >= 4 is 34.2 Å². The van der Waals surface area contributed by atoms with Crippen LogP contribution in [-0.4, -0.2) is 33.0 Å². The van der Waals surface area contributed by atoms with Gasteiger partial charge in [-0.15, -0.1) is 0 Å². The highest BCUT2D eigenvalue weighted by molar-refractivity contribution is 6.12. The Morgan fingerprint density at radius 3 is 2.29 bits per heavy atom. The number of allylic oxidation sites excluding steroid dienone is 3. The minimum atomic E-state index is -0.612. The number of carbonyl (C=O) groups excluding carboxylic acids is 1. The molecule has 160 valence electrons. The first kappa shape index (κ1) is 22.1. The van der Waals surface area contributed by atoms with Crippen LogP contribution in [0.15, 0.2) is 76.0 Å². The summed E-state index contributed by atoms with van der Waals surface area (Å²) in [6, 6.07) is 15.4. The van der Waals surface area contributed by atoms with Crippen LogP contribution >= 0.6 is 0 Å². The summed E-state index contributed by atoms with van der Waals surface area (Å²) in [5, 5.41) is 0.763. The van der Waals surface area contributed by atoms with E-state index in [0.717, 1.165) is 16.6 Å². The fourth-order valence-corrected chi connectivity index (χ4v) is 3.50. The molecule has 0 saturated carbocycles. The van der Waals surface area contributed by atoms with Crippen molar-refractivity contribution < 1.29 is 9.21 Å². The molecular weight excluding hydrogens is 388 g/mol. The van der Waals surface area contributed by atoms with Crippen LogP contribution in [0.2, 0.25) is 0 Å². The highest BCUT2D eigenvalue weighted by Crippen LogP contribution is 2.29. The van der Waals surface area contributed by atoms with E-state index >= 15 is 0 Å². The van der Waals surface area contributed by atoms with Gasteiger partial charge in [-0.25, -0.2) is 4.79 Å². The molecule has 0 saturated heterocycles. The van der Waals surface area contributed by atoms with Crippen LogP contribution in [-0.2, 0) is 0 Å². The third-order valence-corrected chi connectivity index (χ3v) is 5.17. The van der Waals surface area contributed by atoms with E-state index in [1.54, 1.807) is 18.2 Å². The lowest BCUT2D eigenvalue weighted by Gasteiger charge is -2.24. The normalized spacial score (nSPS) is 11.5. The number of hydrogen-bond acceptors (Lipinski definition) is 5. The largest absolute Gasteiger partial charge is 0.422 e. The molecule has 0 aliphatic heterocycles. The van der Waals surface area contributed by atoms with Gasteiger partial charge < -0.3 is 14.2 Å². The van der Waals surface area contributed by atoms with Gasteiger partial charge in [0.15, 0.2) is 5.78 Å². The molecule has 0 aliphatic carbocycles. The molecule has 5 heteroatoms. The first-order valence-corrected chi connectivity index (χ1v) is 10.4. The monoisotopic (exact) mass is 416 g/mol. The van der Waals surface area contributed by atoms with E-state index in [1.165, 1.54) is 6.08 Å². The lowest BCUT2D eigenvalue weighted by Crippen LogP contribution is -2.27. The standard InChI is InChI=1S/C26H28N2O3/c1-5-28(6-2)25-21-12-8-10-14-23(21)31-26(30)24(25)22(29)13-9-7-11-19-15-17-20(18-16-19)27(3)4/h7-18H,5-6H2,1-4H3. The van der Waals surface area contributed by atoms with Crippen LogP contribution in [0.25, 0.3) is 17.0 Å². The molecule has 1 aromatic heterocycles. The molecule has 1 heterocycles. The second-order valence-electron chi connectivity index (χ2n) is 7.35. The highest BCUT2D eigenvalue weighted by atomic mass is 16.4. The van der Waals surface area contributed by atoms with Crippen LogP contribution < -0.4 is 15.4 Å². The van der Waals surface area contributed by atoms with Crippen molar-refractivity contribution in [3.63, 3.8) is 0 Å². The third-order valence-electron chi connectivity index (χ3n) is 5.17. The lowest BCUT2D eigenvalue weighted by atomic mass is 10.0. The summed E-state index contributed by atoms with van der Waals surface area (Å²) in [6.07, 6.45) is 6.78. The Morgan fingerprint density at radius 1 is 0.968 bits per heavy atom. The van der Waals surface area contributed by atoms with Gasteiger partial charge in [0.2, 0.25) is 0 Å². The maximum atomic E-state index is 13.0. The van der Waals surface area contributed by atoms with Crippen molar-refractivity contribution in [1.82, 2.24) is 0 Å². The molecule has 0 bridgehead atoms. The number of rotatable bonds is 8. The summed E-state index contributed by atoms with van der Waals surface area (Å²) in [7, 11) is 3.99. The predicted molar refractivity (Wildman–Crippen MR) is 129 cm³/mol. The Bertz CT molecular complexity index is 1170. The van der Waals surface area contributed by atoms with Gasteiger partial charge in [-0.3, -0.25) is 4.79 Å². The van der Waals surface area contributed by atoms with Crippen molar-refractivity contribution in [2.45, 2.75) is 13.8 Å². The summed E-state index contributed by atoms with van der Waals surface area (Å²) >= 11 is 0. The number of ketones is 1. The minimum Gasteiger partial charge on any atom is -0.422 e. The molecule has 31 heavy (non-hydrogen) atoms. The van der Waals surface area contributed by atoms with Gasteiger partial charge >= 0.3 is 5.63 Å². The first-order valence-electron chi connectivity index (χ1n) is 10.4. The second-order valence-corrected chi connectivity index (χ2v) is 7.35. The number of benzene rings is 2. The summed E-state index contributed by atoms with van der Waals surface area (Å²) in [5.74, 6) is -0.367. The van der Waals surface area contributed by atoms with E-state index in [2.05, 4.69) is 0 Å². The summed E-state index contributed by atoms with van der Waals surface area (Å²) in [4.78, 5) is 29.7. The Labute approximate surface area is 182 Å². The van der Waals surface area contributed by atoms with Crippen LogP contribution in [0, 0.1) is 0 Å². The van der Waals surface area contributed by atoms with Gasteiger partial charge in [0.25, 0.3) is 0 Å². The molecule has 2 aromatic carbocycles. The molecule has 5 nitrogen and oxygen atoms in total. The van der Waals surface area contributed by atoms with Crippen molar-refractivity contribution in [2.75, 3.05) is 37.0 Å². The van der Waals surface area contributed by atoms with Crippen molar-refractivity contribution in [2.24, 2.45) is 0 Å². The topological polar surface area (TPSA) is 53.8 Å².